The minimum Gasteiger partial charge on any atom is -0.376 e. The minimum atomic E-state index is 0.296. The van der Waals surface area contributed by atoms with Gasteiger partial charge < -0.3 is 15.8 Å². The van der Waals surface area contributed by atoms with E-state index in [9.17, 15) is 0 Å². The van der Waals surface area contributed by atoms with Crippen molar-refractivity contribution in [1.82, 2.24) is 5.32 Å². The lowest BCUT2D eigenvalue weighted by atomic mass is 9.99. The predicted octanol–water partition coefficient (Wildman–Crippen LogP) is 0.738. The molecule has 3 nitrogen and oxygen atoms in total. The molecule has 1 rings (SSSR count). The van der Waals surface area contributed by atoms with Crippen LogP contribution in [0.15, 0.2) is 0 Å². The number of nitrogens with one attached hydrogen (secondary N) is 1. The van der Waals surface area contributed by atoms with E-state index in [0.29, 0.717) is 18.1 Å². The van der Waals surface area contributed by atoms with Crippen molar-refractivity contribution in [2.24, 2.45) is 11.7 Å². The number of nitrogens with two attached hydrogens (primary N) is 1. The summed E-state index contributed by atoms with van der Waals surface area (Å²) in [5.41, 5.74) is 6.00. The van der Waals surface area contributed by atoms with Gasteiger partial charge in [0.1, 0.15) is 0 Å². The average Bonchev–Trinajstić information content (AvgIpc) is 2.04. The van der Waals surface area contributed by atoms with Gasteiger partial charge in [-0.3, -0.25) is 0 Å². The first-order valence-corrected chi connectivity index (χ1v) is 5.26. The van der Waals surface area contributed by atoms with Crippen LogP contribution in [0.3, 0.4) is 0 Å². The number of morpholine rings is 1. The Bertz CT molecular complexity index is 133. The Morgan fingerprint density at radius 1 is 1.54 bits per heavy atom. The molecular weight excluding hydrogens is 164 g/mol. The first-order valence-electron chi connectivity index (χ1n) is 5.26. The summed E-state index contributed by atoms with van der Waals surface area (Å²) < 4.78 is 5.59. The standard InChI is InChI=1S/C10H22N2O/c1-8(2)5-9(11)6-10-7-12-3-4-13-10/h8-10,12H,3-7,11H2,1-2H3. The van der Waals surface area contributed by atoms with Gasteiger partial charge in [-0.2, -0.15) is 0 Å². The summed E-state index contributed by atoms with van der Waals surface area (Å²) in [5, 5.41) is 3.31. The van der Waals surface area contributed by atoms with E-state index in [-0.39, 0.29) is 0 Å². The number of hydrogen-bond acceptors (Lipinski definition) is 3. The Labute approximate surface area is 81.0 Å². The molecule has 78 valence electrons. The molecule has 3 heteroatoms. The molecule has 1 fully saturated rings. The quantitative estimate of drug-likeness (QED) is 0.680. The van der Waals surface area contributed by atoms with Crippen LogP contribution < -0.4 is 11.1 Å². The monoisotopic (exact) mass is 186 g/mol. The molecule has 3 N–H and O–H groups in total. The summed E-state index contributed by atoms with van der Waals surface area (Å²) in [7, 11) is 0. The highest BCUT2D eigenvalue weighted by Gasteiger charge is 2.17. The van der Waals surface area contributed by atoms with Gasteiger partial charge in [-0.05, 0) is 18.8 Å². The molecule has 1 saturated heterocycles. The Balaban J connectivity index is 2.14. The van der Waals surface area contributed by atoms with Gasteiger partial charge in [0, 0.05) is 19.1 Å². The van der Waals surface area contributed by atoms with Gasteiger partial charge in [-0.1, -0.05) is 13.8 Å². The van der Waals surface area contributed by atoms with Crippen LogP contribution in [-0.4, -0.2) is 31.8 Å². The zero-order valence-electron chi connectivity index (χ0n) is 8.75. The van der Waals surface area contributed by atoms with Crippen molar-refractivity contribution in [3.63, 3.8) is 0 Å². The molecule has 1 aliphatic heterocycles. The first-order chi connectivity index (χ1) is 6.18. The molecule has 0 aromatic heterocycles. The van der Waals surface area contributed by atoms with Gasteiger partial charge in [0.2, 0.25) is 0 Å². The summed E-state index contributed by atoms with van der Waals surface area (Å²) >= 11 is 0. The Hall–Kier alpha value is -0.120. The van der Waals surface area contributed by atoms with E-state index in [1.54, 1.807) is 0 Å². The molecule has 0 amide bonds. The van der Waals surface area contributed by atoms with Gasteiger partial charge in [0.05, 0.1) is 12.7 Å². The molecule has 1 heterocycles. The SMILES string of the molecule is CC(C)CC(N)CC1CNCCO1. The van der Waals surface area contributed by atoms with Gasteiger partial charge in [0.15, 0.2) is 0 Å². The fourth-order valence-corrected chi connectivity index (χ4v) is 1.81. The molecule has 2 atom stereocenters. The average molecular weight is 186 g/mol. The second-order valence-electron chi connectivity index (χ2n) is 4.32. The molecule has 0 radical (unpaired) electrons. The van der Waals surface area contributed by atoms with Gasteiger partial charge in [0.25, 0.3) is 0 Å². The Morgan fingerprint density at radius 3 is 2.85 bits per heavy atom. The zero-order valence-corrected chi connectivity index (χ0v) is 8.75. The fraction of sp³-hybridized carbons (Fsp3) is 1.00. The largest absolute Gasteiger partial charge is 0.376 e. The van der Waals surface area contributed by atoms with Crippen molar-refractivity contribution in [3.05, 3.63) is 0 Å². The molecule has 0 aromatic carbocycles. The van der Waals surface area contributed by atoms with Crippen molar-refractivity contribution in [3.8, 4) is 0 Å². The molecule has 0 saturated carbocycles. The Kier molecular flexibility index (Phi) is 4.70. The topological polar surface area (TPSA) is 47.3 Å². The Morgan fingerprint density at radius 2 is 2.31 bits per heavy atom. The highest BCUT2D eigenvalue weighted by molar-refractivity contribution is 4.74. The molecule has 0 spiro atoms. The lowest BCUT2D eigenvalue weighted by Gasteiger charge is -2.26. The minimum absolute atomic E-state index is 0.296. The van der Waals surface area contributed by atoms with Gasteiger partial charge in [-0.15, -0.1) is 0 Å². The van der Waals surface area contributed by atoms with E-state index in [4.69, 9.17) is 10.5 Å². The van der Waals surface area contributed by atoms with Crippen molar-refractivity contribution in [1.29, 1.82) is 0 Å². The molecule has 2 unspecified atom stereocenters. The van der Waals surface area contributed by atoms with Crippen LogP contribution in [0.2, 0.25) is 0 Å². The normalized spacial score (nSPS) is 26.3. The third kappa shape index (κ3) is 4.60. The van der Waals surface area contributed by atoms with Crippen LogP contribution in [0.4, 0.5) is 0 Å². The van der Waals surface area contributed by atoms with Crippen LogP contribution in [-0.2, 0) is 4.74 Å². The summed E-state index contributed by atoms with van der Waals surface area (Å²) in [6, 6.07) is 0.296. The lowest BCUT2D eigenvalue weighted by Crippen LogP contribution is -2.41. The maximum absolute atomic E-state index is 6.00. The molecular formula is C10H22N2O. The third-order valence-electron chi connectivity index (χ3n) is 2.34. The molecule has 13 heavy (non-hydrogen) atoms. The molecule has 1 aliphatic rings. The fourth-order valence-electron chi connectivity index (χ4n) is 1.81. The van der Waals surface area contributed by atoms with Crippen LogP contribution in [0.25, 0.3) is 0 Å². The van der Waals surface area contributed by atoms with Crippen LogP contribution in [0, 0.1) is 5.92 Å². The van der Waals surface area contributed by atoms with Gasteiger partial charge >= 0.3 is 0 Å². The van der Waals surface area contributed by atoms with Crippen molar-refractivity contribution < 1.29 is 4.74 Å². The van der Waals surface area contributed by atoms with E-state index in [2.05, 4.69) is 19.2 Å². The molecule has 0 aromatic rings. The van der Waals surface area contributed by atoms with E-state index < -0.39 is 0 Å². The predicted molar refractivity (Wildman–Crippen MR) is 54.7 cm³/mol. The van der Waals surface area contributed by atoms with Crippen LogP contribution in [0.1, 0.15) is 26.7 Å². The summed E-state index contributed by atoms with van der Waals surface area (Å²) in [5.74, 6) is 0.687. The van der Waals surface area contributed by atoms with Crippen molar-refractivity contribution in [2.75, 3.05) is 19.7 Å². The van der Waals surface area contributed by atoms with E-state index >= 15 is 0 Å². The van der Waals surface area contributed by atoms with Crippen molar-refractivity contribution >= 4 is 0 Å². The summed E-state index contributed by atoms with van der Waals surface area (Å²) in [6.45, 7) is 7.19. The van der Waals surface area contributed by atoms with Crippen molar-refractivity contribution in [2.45, 2.75) is 38.8 Å². The second-order valence-corrected chi connectivity index (χ2v) is 4.32. The maximum atomic E-state index is 6.00. The molecule has 0 aliphatic carbocycles. The van der Waals surface area contributed by atoms with E-state index in [1.165, 1.54) is 0 Å². The second kappa shape index (κ2) is 5.58. The first kappa shape index (κ1) is 11.0. The zero-order chi connectivity index (χ0) is 9.68. The van der Waals surface area contributed by atoms with E-state index in [0.717, 1.165) is 32.5 Å². The van der Waals surface area contributed by atoms with Gasteiger partial charge in [-0.25, -0.2) is 0 Å². The third-order valence-corrected chi connectivity index (χ3v) is 2.34. The van der Waals surface area contributed by atoms with Crippen LogP contribution in [0.5, 0.6) is 0 Å². The maximum Gasteiger partial charge on any atom is 0.0714 e. The number of ether oxygens (including phenoxy) is 1. The van der Waals surface area contributed by atoms with Crippen LogP contribution >= 0.6 is 0 Å². The highest BCUT2D eigenvalue weighted by Crippen LogP contribution is 2.10. The number of hydrogen-bond donors (Lipinski definition) is 2. The number of rotatable bonds is 4. The smallest absolute Gasteiger partial charge is 0.0714 e. The summed E-state index contributed by atoms with van der Waals surface area (Å²) in [4.78, 5) is 0. The lowest BCUT2D eigenvalue weighted by molar-refractivity contribution is 0.0185. The molecule has 0 bridgehead atoms. The summed E-state index contributed by atoms with van der Waals surface area (Å²) in [6.07, 6.45) is 2.42. The highest BCUT2D eigenvalue weighted by atomic mass is 16.5. The van der Waals surface area contributed by atoms with E-state index in [1.807, 2.05) is 0 Å².